The number of phenolic OH excluding ortho intramolecular Hbond substituents is 1. The summed E-state index contributed by atoms with van der Waals surface area (Å²) >= 11 is 0. The summed E-state index contributed by atoms with van der Waals surface area (Å²) in [6, 6.07) is 5.69. The molecule has 0 saturated heterocycles. The standard InChI is InChI=1S/C15H23NO3/c1-15(2)13(8-14(15)19-4)16-9-10-7-11(18-3)5-6-12(10)17/h5-7,13-14,16-17H,8-9H2,1-4H3. The van der Waals surface area contributed by atoms with Crippen LogP contribution in [0, 0.1) is 5.41 Å². The van der Waals surface area contributed by atoms with Crippen LogP contribution < -0.4 is 10.1 Å². The fraction of sp³-hybridized carbons (Fsp3) is 0.600. The normalized spacial score (nSPS) is 24.8. The Bertz CT molecular complexity index is 445. The average Bonchev–Trinajstić information content (AvgIpc) is 2.39. The zero-order valence-electron chi connectivity index (χ0n) is 12.1. The maximum atomic E-state index is 9.84. The quantitative estimate of drug-likeness (QED) is 0.857. The van der Waals surface area contributed by atoms with Crippen molar-refractivity contribution < 1.29 is 14.6 Å². The van der Waals surface area contributed by atoms with E-state index >= 15 is 0 Å². The summed E-state index contributed by atoms with van der Waals surface area (Å²) < 4.78 is 10.6. The third-order valence-electron chi connectivity index (χ3n) is 4.29. The van der Waals surface area contributed by atoms with Crippen LogP contribution in [0.3, 0.4) is 0 Å². The molecule has 2 atom stereocenters. The number of nitrogens with one attached hydrogen (secondary N) is 1. The largest absolute Gasteiger partial charge is 0.508 e. The van der Waals surface area contributed by atoms with Crippen molar-refractivity contribution in [3.8, 4) is 11.5 Å². The molecule has 1 aromatic carbocycles. The van der Waals surface area contributed by atoms with Crippen molar-refractivity contribution >= 4 is 0 Å². The van der Waals surface area contributed by atoms with Crippen molar-refractivity contribution in [1.82, 2.24) is 5.32 Å². The molecule has 2 rings (SSSR count). The molecule has 1 aliphatic rings. The van der Waals surface area contributed by atoms with Gasteiger partial charge in [0, 0.05) is 30.7 Å². The summed E-state index contributed by atoms with van der Waals surface area (Å²) in [4.78, 5) is 0. The first kappa shape index (κ1) is 14.2. The molecule has 19 heavy (non-hydrogen) atoms. The van der Waals surface area contributed by atoms with Gasteiger partial charge >= 0.3 is 0 Å². The molecule has 106 valence electrons. The molecule has 0 bridgehead atoms. The smallest absolute Gasteiger partial charge is 0.120 e. The lowest BCUT2D eigenvalue weighted by molar-refractivity contribution is -0.0979. The molecule has 0 aliphatic heterocycles. The van der Waals surface area contributed by atoms with E-state index in [0.29, 0.717) is 24.4 Å². The van der Waals surface area contributed by atoms with Gasteiger partial charge in [-0.3, -0.25) is 0 Å². The van der Waals surface area contributed by atoms with Crippen LogP contribution in [0.15, 0.2) is 18.2 Å². The first-order valence-corrected chi connectivity index (χ1v) is 6.61. The molecule has 1 saturated carbocycles. The number of hydrogen-bond acceptors (Lipinski definition) is 4. The van der Waals surface area contributed by atoms with E-state index in [1.165, 1.54) is 0 Å². The highest BCUT2D eigenvalue weighted by atomic mass is 16.5. The Morgan fingerprint density at radius 3 is 2.68 bits per heavy atom. The van der Waals surface area contributed by atoms with Crippen LogP contribution in [0.4, 0.5) is 0 Å². The predicted molar refractivity (Wildman–Crippen MR) is 74.5 cm³/mol. The fourth-order valence-corrected chi connectivity index (χ4v) is 2.70. The molecule has 1 fully saturated rings. The monoisotopic (exact) mass is 265 g/mol. The van der Waals surface area contributed by atoms with Crippen LogP contribution in [-0.4, -0.2) is 31.5 Å². The van der Waals surface area contributed by atoms with Gasteiger partial charge in [-0.25, -0.2) is 0 Å². The highest BCUT2D eigenvalue weighted by molar-refractivity contribution is 5.39. The van der Waals surface area contributed by atoms with Gasteiger partial charge in [-0.1, -0.05) is 13.8 Å². The second kappa shape index (κ2) is 5.39. The maximum Gasteiger partial charge on any atom is 0.120 e. The van der Waals surface area contributed by atoms with Crippen molar-refractivity contribution in [2.75, 3.05) is 14.2 Å². The number of ether oxygens (including phenoxy) is 2. The minimum atomic E-state index is 0.128. The minimum absolute atomic E-state index is 0.128. The average molecular weight is 265 g/mol. The SMILES string of the molecule is COc1ccc(O)c(CNC2CC(OC)C2(C)C)c1. The highest BCUT2D eigenvalue weighted by Gasteiger charge is 2.48. The van der Waals surface area contributed by atoms with E-state index in [9.17, 15) is 5.11 Å². The molecule has 2 N–H and O–H groups in total. The summed E-state index contributed by atoms with van der Waals surface area (Å²) in [6.45, 7) is 5.04. The summed E-state index contributed by atoms with van der Waals surface area (Å²) in [5.41, 5.74) is 0.986. The van der Waals surface area contributed by atoms with Gasteiger partial charge in [-0.05, 0) is 24.6 Å². The third-order valence-corrected chi connectivity index (χ3v) is 4.29. The van der Waals surface area contributed by atoms with Crippen molar-refractivity contribution in [2.45, 2.75) is 39.0 Å². The molecule has 1 aliphatic carbocycles. The predicted octanol–water partition coefficient (Wildman–Crippen LogP) is 2.30. The number of methoxy groups -OCH3 is 2. The van der Waals surface area contributed by atoms with Gasteiger partial charge in [-0.2, -0.15) is 0 Å². The Balaban J connectivity index is 1.97. The van der Waals surface area contributed by atoms with E-state index in [-0.39, 0.29) is 5.41 Å². The number of hydrogen-bond donors (Lipinski definition) is 2. The van der Waals surface area contributed by atoms with Crippen LogP contribution in [-0.2, 0) is 11.3 Å². The molecule has 0 radical (unpaired) electrons. The van der Waals surface area contributed by atoms with Crippen LogP contribution in [0.2, 0.25) is 0 Å². The minimum Gasteiger partial charge on any atom is -0.508 e. The Morgan fingerprint density at radius 1 is 1.37 bits per heavy atom. The third kappa shape index (κ3) is 2.69. The topological polar surface area (TPSA) is 50.7 Å². The summed E-state index contributed by atoms with van der Waals surface area (Å²) in [7, 11) is 3.39. The molecule has 0 spiro atoms. The second-order valence-corrected chi connectivity index (χ2v) is 5.71. The van der Waals surface area contributed by atoms with E-state index in [2.05, 4.69) is 19.2 Å². The first-order valence-electron chi connectivity index (χ1n) is 6.61. The Hall–Kier alpha value is -1.26. The molecule has 2 unspecified atom stereocenters. The lowest BCUT2D eigenvalue weighted by Gasteiger charge is -2.51. The van der Waals surface area contributed by atoms with Gasteiger partial charge in [0.05, 0.1) is 13.2 Å². The summed E-state index contributed by atoms with van der Waals surface area (Å²) in [5.74, 6) is 1.06. The van der Waals surface area contributed by atoms with Gasteiger partial charge in [0.2, 0.25) is 0 Å². The van der Waals surface area contributed by atoms with Crippen LogP contribution in [0.5, 0.6) is 11.5 Å². The molecular formula is C15H23NO3. The van der Waals surface area contributed by atoms with Crippen LogP contribution in [0.1, 0.15) is 25.8 Å². The van der Waals surface area contributed by atoms with Gasteiger partial charge in [-0.15, -0.1) is 0 Å². The van der Waals surface area contributed by atoms with E-state index in [0.717, 1.165) is 17.7 Å². The zero-order valence-corrected chi connectivity index (χ0v) is 12.1. The number of rotatable bonds is 5. The fourth-order valence-electron chi connectivity index (χ4n) is 2.70. The molecule has 0 heterocycles. The van der Waals surface area contributed by atoms with Crippen LogP contribution in [0.25, 0.3) is 0 Å². The van der Waals surface area contributed by atoms with Crippen LogP contribution >= 0.6 is 0 Å². The van der Waals surface area contributed by atoms with Crippen molar-refractivity contribution in [3.63, 3.8) is 0 Å². The number of phenols is 1. The Morgan fingerprint density at radius 2 is 2.11 bits per heavy atom. The lowest BCUT2D eigenvalue weighted by Crippen LogP contribution is -2.60. The summed E-state index contributed by atoms with van der Waals surface area (Å²) in [6.07, 6.45) is 1.32. The van der Waals surface area contributed by atoms with Gasteiger partial charge in [0.15, 0.2) is 0 Å². The molecule has 1 aromatic rings. The van der Waals surface area contributed by atoms with Gasteiger partial charge in [0.1, 0.15) is 11.5 Å². The molecular weight excluding hydrogens is 242 g/mol. The van der Waals surface area contributed by atoms with Gasteiger partial charge < -0.3 is 19.9 Å². The number of benzene rings is 1. The van der Waals surface area contributed by atoms with E-state index in [4.69, 9.17) is 9.47 Å². The van der Waals surface area contributed by atoms with Crippen molar-refractivity contribution in [2.24, 2.45) is 5.41 Å². The van der Waals surface area contributed by atoms with Gasteiger partial charge in [0.25, 0.3) is 0 Å². The van der Waals surface area contributed by atoms with Crippen molar-refractivity contribution in [3.05, 3.63) is 23.8 Å². The molecule has 0 amide bonds. The van der Waals surface area contributed by atoms with Crippen molar-refractivity contribution in [1.29, 1.82) is 0 Å². The second-order valence-electron chi connectivity index (χ2n) is 5.71. The lowest BCUT2D eigenvalue weighted by atomic mass is 9.64. The summed E-state index contributed by atoms with van der Waals surface area (Å²) in [5, 5.41) is 13.3. The maximum absolute atomic E-state index is 9.84. The Kier molecular flexibility index (Phi) is 4.02. The molecule has 4 nitrogen and oxygen atoms in total. The highest BCUT2D eigenvalue weighted by Crippen LogP contribution is 2.42. The van der Waals surface area contributed by atoms with E-state index in [1.807, 2.05) is 6.07 Å². The number of aromatic hydroxyl groups is 1. The van der Waals surface area contributed by atoms with E-state index in [1.54, 1.807) is 26.4 Å². The first-order chi connectivity index (χ1) is 8.98. The zero-order chi connectivity index (χ0) is 14.0. The Labute approximate surface area is 114 Å². The van der Waals surface area contributed by atoms with E-state index < -0.39 is 0 Å². The molecule has 0 aromatic heterocycles. The molecule has 4 heteroatoms.